The summed E-state index contributed by atoms with van der Waals surface area (Å²) in [5.74, 6) is 0. The van der Waals surface area contributed by atoms with Crippen LogP contribution < -0.4 is 5.56 Å². The maximum Gasteiger partial charge on any atom is 0.264 e. The Labute approximate surface area is 95.3 Å². The lowest BCUT2D eigenvalue weighted by atomic mass is 10.1. The normalized spacial score (nSPS) is 10.3. The highest BCUT2D eigenvalue weighted by Crippen LogP contribution is 2.22. The minimum Gasteiger partial charge on any atom is -0.268 e. The number of hydrogen-bond acceptors (Lipinski definition) is 2. The van der Waals surface area contributed by atoms with Crippen LogP contribution in [0.1, 0.15) is 5.56 Å². The molecular weight excluding hydrogens is 256 g/mol. The third kappa shape index (κ3) is 2.33. The van der Waals surface area contributed by atoms with E-state index in [0.29, 0.717) is 0 Å². The lowest BCUT2D eigenvalue weighted by Gasteiger charge is -2.02. The standard InChI is InChI=1S/C11H9BrN2O/c1-7-4-8(6-9(12)5-7)10-2-3-11(15)14-13-10/h2-6H,1H3,(H,14,15). The summed E-state index contributed by atoms with van der Waals surface area (Å²) >= 11 is 3.43. The predicted molar refractivity (Wildman–Crippen MR) is 62.7 cm³/mol. The Balaban J connectivity index is 2.53. The Morgan fingerprint density at radius 3 is 2.67 bits per heavy atom. The fourth-order valence-electron chi connectivity index (χ4n) is 1.39. The molecule has 1 aromatic carbocycles. The van der Waals surface area contributed by atoms with Gasteiger partial charge in [-0.1, -0.05) is 15.9 Å². The van der Waals surface area contributed by atoms with E-state index in [4.69, 9.17) is 0 Å². The van der Waals surface area contributed by atoms with Gasteiger partial charge in [-0.3, -0.25) is 4.79 Å². The average molecular weight is 265 g/mol. The summed E-state index contributed by atoms with van der Waals surface area (Å²) < 4.78 is 1.01. The molecule has 15 heavy (non-hydrogen) atoms. The molecule has 0 aliphatic rings. The van der Waals surface area contributed by atoms with Gasteiger partial charge in [0, 0.05) is 16.1 Å². The second-order valence-corrected chi connectivity index (χ2v) is 4.24. The summed E-state index contributed by atoms with van der Waals surface area (Å²) in [7, 11) is 0. The Morgan fingerprint density at radius 1 is 1.27 bits per heavy atom. The number of aryl methyl sites for hydroxylation is 1. The van der Waals surface area contributed by atoms with Crippen LogP contribution in [-0.4, -0.2) is 10.2 Å². The highest BCUT2D eigenvalue weighted by Gasteiger charge is 2.01. The molecule has 0 saturated carbocycles. The van der Waals surface area contributed by atoms with Gasteiger partial charge in [0.1, 0.15) is 0 Å². The SMILES string of the molecule is Cc1cc(Br)cc(-c2ccc(=O)[nH]n2)c1. The van der Waals surface area contributed by atoms with E-state index in [1.54, 1.807) is 6.07 Å². The van der Waals surface area contributed by atoms with Crippen molar-refractivity contribution in [3.63, 3.8) is 0 Å². The lowest BCUT2D eigenvalue weighted by Crippen LogP contribution is -2.05. The van der Waals surface area contributed by atoms with Crippen molar-refractivity contribution in [3.05, 3.63) is 50.7 Å². The molecule has 76 valence electrons. The van der Waals surface area contributed by atoms with E-state index in [2.05, 4.69) is 26.1 Å². The molecule has 0 spiro atoms. The van der Waals surface area contributed by atoms with Crippen molar-refractivity contribution in [2.24, 2.45) is 0 Å². The molecule has 4 heteroatoms. The molecule has 0 aliphatic carbocycles. The minimum atomic E-state index is -0.189. The lowest BCUT2D eigenvalue weighted by molar-refractivity contribution is 0.995. The first-order valence-electron chi connectivity index (χ1n) is 4.48. The molecule has 1 heterocycles. The molecule has 2 aromatic rings. The average Bonchev–Trinajstić information content (AvgIpc) is 2.17. The van der Waals surface area contributed by atoms with Gasteiger partial charge >= 0.3 is 0 Å². The molecule has 0 fully saturated rings. The van der Waals surface area contributed by atoms with Gasteiger partial charge in [-0.15, -0.1) is 0 Å². The highest BCUT2D eigenvalue weighted by molar-refractivity contribution is 9.10. The van der Waals surface area contributed by atoms with Crippen LogP contribution in [0.15, 0.2) is 39.6 Å². The summed E-state index contributed by atoms with van der Waals surface area (Å²) in [5, 5.41) is 6.39. The molecule has 1 aromatic heterocycles. The zero-order valence-corrected chi connectivity index (χ0v) is 9.71. The van der Waals surface area contributed by atoms with Gasteiger partial charge in [0.25, 0.3) is 5.56 Å². The number of H-pyrrole nitrogens is 1. The number of halogens is 1. The fraction of sp³-hybridized carbons (Fsp3) is 0.0909. The molecule has 0 amide bonds. The Hall–Kier alpha value is -1.42. The molecule has 0 atom stereocenters. The first-order valence-corrected chi connectivity index (χ1v) is 5.28. The number of benzene rings is 1. The topological polar surface area (TPSA) is 45.8 Å². The zero-order valence-electron chi connectivity index (χ0n) is 8.12. The molecule has 0 radical (unpaired) electrons. The highest BCUT2D eigenvalue weighted by atomic mass is 79.9. The van der Waals surface area contributed by atoms with E-state index >= 15 is 0 Å². The van der Waals surface area contributed by atoms with Crippen LogP contribution in [0.25, 0.3) is 11.3 Å². The Kier molecular flexibility index (Phi) is 2.68. The maximum absolute atomic E-state index is 10.9. The van der Waals surface area contributed by atoms with Crippen LogP contribution in [-0.2, 0) is 0 Å². The van der Waals surface area contributed by atoms with E-state index < -0.39 is 0 Å². The van der Waals surface area contributed by atoms with Gasteiger partial charge < -0.3 is 0 Å². The molecule has 0 saturated heterocycles. The van der Waals surface area contributed by atoms with Crippen LogP contribution in [0.4, 0.5) is 0 Å². The van der Waals surface area contributed by atoms with Gasteiger partial charge in [-0.05, 0) is 36.8 Å². The van der Waals surface area contributed by atoms with Gasteiger partial charge in [0.05, 0.1) is 5.69 Å². The van der Waals surface area contributed by atoms with Crippen LogP contribution in [0, 0.1) is 6.92 Å². The molecule has 3 nitrogen and oxygen atoms in total. The van der Waals surface area contributed by atoms with Gasteiger partial charge in [0.15, 0.2) is 0 Å². The number of aromatic nitrogens is 2. The van der Waals surface area contributed by atoms with E-state index in [1.165, 1.54) is 6.07 Å². The number of nitrogens with zero attached hydrogens (tertiary/aromatic N) is 1. The second-order valence-electron chi connectivity index (χ2n) is 3.32. The van der Waals surface area contributed by atoms with Gasteiger partial charge in [-0.2, -0.15) is 5.10 Å². The zero-order chi connectivity index (χ0) is 10.8. The monoisotopic (exact) mass is 264 g/mol. The van der Waals surface area contributed by atoms with Crippen LogP contribution >= 0.6 is 15.9 Å². The Morgan fingerprint density at radius 2 is 2.07 bits per heavy atom. The quantitative estimate of drug-likeness (QED) is 0.861. The third-order valence-corrected chi connectivity index (χ3v) is 2.47. The first kappa shape index (κ1) is 10.1. The Bertz CT molecular complexity index is 508. The molecular formula is C11H9BrN2O. The summed E-state index contributed by atoms with van der Waals surface area (Å²) in [4.78, 5) is 10.9. The van der Waals surface area contributed by atoms with Gasteiger partial charge in [0.2, 0.25) is 0 Å². The molecule has 2 rings (SSSR count). The third-order valence-electron chi connectivity index (χ3n) is 2.02. The smallest absolute Gasteiger partial charge is 0.264 e. The number of nitrogens with one attached hydrogen (secondary N) is 1. The molecule has 1 N–H and O–H groups in total. The number of hydrogen-bond donors (Lipinski definition) is 1. The van der Waals surface area contributed by atoms with E-state index in [-0.39, 0.29) is 5.56 Å². The van der Waals surface area contributed by atoms with Crippen molar-refractivity contribution in [3.8, 4) is 11.3 Å². The van der Waals surface area contributed by atoms with Crippen molar-refractivity contribution in [2.45, 2.75) is 6.92 Å². The van der Waals surface area contributed by atoms with Gasteiger partial charge in [-0.25, -0.2) is 5.10 Å². The first-order chi connectivity index (χ1) is 7.15. The van der Waals surface area contributed by atoms with Crippen molar-refractivity contribution in [1.82, 2.24) is 10.2 Å². The summed E-state index contributed by atoms with van der Waals surface area (Å²) in [6.07, 6.45) is 0. The number of rotatable bonds is 1. The minimum absolute atomic E-state index is 0.189. The predicted octanol–water partition coefficient (Wildman–Crippen LogP) is 2.51. The summed E-state index contributed by atoms with van der Waals surface area (Å²) in [5.41, 5.74) is 2.70. The van der Waals surface area contributed by atoms with Crippen molar-refractivity contribution in [1.29, 1.82) is 0 Å². The van der Waals surface area contributed by atoms with Crippen molar-refractivity contribution in [2.75, 3.05) is 0 Å². The number of aromatic amines is 1. The summed E-state index contributed by atoms with van der Waals surface area (Å²) in [6, 6.07) is 9.19. The largest absolute Gasteiger partial charge is 0.268 e. The molecule has 0 unspecified atom stereocenters. The van der Waals surface area contributed by atoms with Crippen LogP contribution in [0.5, 0.6) is 0 Å². The van der Waals surface area contributed by atoms with Crippen LogP contribution in [0.3, 0.4) is 0 Å². The van der Waals surface area contributed by atoms with Crippen molar-refractivity contribution < 1.29 is 0 Å². The van der Waals surface area contributed by atoms with Crippen LogP contribution in [0.2, 0.25) is 0 Å². The second kappa shape index (κ2) is 3.98. The van der Waals surface area contributed by atoms with E-state index in [0.717, 1.165) is 21.3 Å². The molecule has 0 bridgehead atoms. The summed E-state index contributed by atoms with van der Waals surface area (Å²) in [6.45, 7) is 2.01. The van der Waals surface area contributed by atoms with Crippen molar-refractivity contribution >= 4 is 15.9 Å². The maximum atomic E-state index is 10.9. The van der Waals surface area contributed by atoms with E-state index in [9.17, 15) is 4.79 Å². The fourth-order valence-corrected chi connectivity index (χ4v) is 2.00. The molecule has 0 aliphatic heterocycles. The van der Waals surface area contributed by atoms with E-state index in [1.807, 2.05) is 25.1 Å².